The van der Waals surface area contributed by atoms with E-state index in [2.05, 4.69) is 4.74 Å². The SMILES string of the molecule is CCOC(=O)C(F)(F)c1ccc(C)c(C(=O)O)c1. The van der Waals surface area contributed by atoms with Gasteiger partial charge in [0.2, 0.25) is 0 Å². The Bertz CT molecular complexity index is 483. The van der Waals surface area contributed by atoms with E-state index >= 15 is 0 Å². The number of benzene rings is 1. The third-order valence-corrected chi connectivity index (χ3v) is 2.36. The number of halogens is 2. The highest BCUT2D eigenvalue weighted by Crippen LogP contribution is 2.30. The first kappa shape index (κ1) is 14.1. The third-order valence-electron chi connectivity index (χ3n) is 2.36. The van der Waals surface area contributed by atoms with Crippen molar-refractivity contribution in [2.24, 2.45) is 0 Å². The van der Waals surface area contributed by atoms with E-state index in [1.165, 1.54) is 19.9 Å². The Morgan fingerprint density at radius 3 is 2.50 bits per heavy atom. The third kappa shape index (κ3) is 2.64. The van der Waals surface area contributed by atoms with Crippen molar-refractivity contribution in [1.82, 2.24) is 0 Å². The van der Waals surface area contributed by atoms with Crippen LogP contribution in [0.3, 0.4) is 0 Å². The molecule has 0 unspecified atom stereocenters. The monoisotopic (exact) mass is 258 g/mol. The molecule has 0 heterocycles. The summed E-state index contributed by atoms with van der Waals surface area (Å²) in [5.41, 5.74) is -0.619. The Kier molecular flexibility index (Phi) is 4.00. The quantitative estimate of drug-likeness (QED) is 0.842. The number of alkyl halides is 2. The summed E-state index contributed by atoms with van der Waals surface area (Å²) < 4.78 is 31.5. The second kappa shape index (κ2) is 5.12. The molecule has 1 aromatic carbocycles. The average Bonchev–Trinajstić information content (AvgIpc) is 2.29. The largest absolute Gasteiger partial charge is 0.478 e. The number of aromatic carboxylic acids is 1. The molecule has 0 saturated heterocycles. The smallest absolute Gasteiger partial charge is 0.381 e. The minimum absolute atomic E-state index is 0.175. The zero-order valence-electron chi connectivity index (χ0n) is 9.87. The van der Waals surface area contributed by atoms with Crippen molar-refractivity contribution >= 4 is 11.9 Å². The molecule has 0 bridgehead atoms. The van der Waals surface area contributed by atoms with Gasteiger partial charge in [0.05, 0.1) is 12.2 Å². The number of rotatable bonds is 4. The molecule has 6 heteroatoms. The molecule has 0 atom stereocenters. The van der Waals surface area contributed by atoms with Gasteiger partial charge in [0.15, 0.2) is 0 Å². The number of ether oxygens (including phenoxy) is 1. The second-order valence-corrected chi connectivity index (χ2v) is 3.63. The van der Waals surface area contributed by atoms with E-state index in [4.69, 9.17) is 5.11 Å². The highest BCUT2D eigenvalue weighted by Gasteiger charge is 2.43. The van der Waals surface area contributed by atoms with E-state index in [1.807, 2.05) is 0 Å². The van der Waals surface area contributed by atoms with Gasteiger partial charge in [0, 0.05) is 5.56 Å². The number of hydrogen-bond donors (Lipinski definition) is 1. The van der Waals surface area contributed by atoms with Gasteiger partial charge in [-0.3, -0.25) is 0 Å². The molecule has 98 valence electrons. The molecule has 0 aliphatic carbocycles. The number of carboxylic acids is 1. The summed E-state index contributed by atoms with van der Waals surface area (Å²) in [6, 6.07) is 3.03. The van der Waals surface area contributed by atoms with Gasteiger partial charge in [-0.1, -0.05) is 12.1 Å². The molecule has 1 aromatic rings. The molecule has 4 nitrogen and oxygen atoms in total. The Morgan fingerprint density at radius 1 is 1.39 bits per heavy atom. The number of hydrogen-bond acceptors (Lipinski definition) is 3. The molecule has 0 aliphatic heterocycles. The Labute approximate surface area is 102 Å². The van der Waals surface area contributed by atoms with Crippen molar-refractivity contribution in [2.45, 2.75) is 19.8 Å². The van der Waals surface area contributed by atoms with Crippen LogP contribution >= 0.6 is 0 Å². The van der Waals surface area contributed by atoms with Crippen LogP contribution in [0.4, 0.5) is 8.78 Å². The fraction of sp³-hybridized carbons (Fsp3) is 0.333. The summed E-state index contributed by atoms with van der Waals surface area (Å²) in [5, 5.41) is 8.84. The van der Waals surface area contributed by atoms with Crippen molar-refractivity contribution in [2.75, 3.05) is 6.61 Å². The lowest BCUT2D eigenvalue weighted by Gasteiger charge is -2.15. The van der Waals surface area contributed by atoms with Crippen LogP contribution in [0, 0.1) is 6.92 Å². The fourth-order valence-electron chi connectivity index (χ4n) is 1.39. The highest BCUT2D eigenvalue weighted by atomic mass is 19.3. The molecule has 0 aromatic heterocycles. The van der Waals surface area contributed by atoms with Crippen LogP contribution in [0.5, 0.6) is 0 Å². The van der Waals surface area contributed by atoms with Crippen LogP contribution in [0.2, 0.25) is 0 Å². The molecule has 0 saturated carbocycles. The summed E-state index contributed by atoms with van der Waals surface area (Å²) in [5.74, 6) is -6.87. The van der Waals surface area contributed by atoms with E-state index < -0.39 is 23.4 Å². The van der Waals surface area contributed by atoms with Gasteiger partial charge >= 0.3 is 17.9 Å². The Hall–Kier alpha value is -1.98. The standard InChI is InChI=1S/C12H12F2O4/c1-3-18-11(17)12(13,14)8-5-4-7(2)9(6-8)10(15)16/h4-6H,3H2,1-2H3,(H,15,16). The van der Waals surface area contributed by atoms with Gasteiger partial charge in [0.25, 0.3) is 0 Å². The normalized spacial score (nSPS) is 11.1. The number of esters is 1. The average molecular weight is 258 g/mol. The number of carbonyl (C=O) groups excluding carboxylic acids is 1. The van der Waals surface area contributed by atoms with E-state index in [1.54, 1.807) is 0 Å². The summed E-state index contributed by atoms with van der Waals surface area (Å²) in [6.07, 6.45) is 0. The first-order valence-corrected chi connectivity index (χ1v) is 5.20. The summed E-state index contributed by atoms with van der Waals surface area (Å²) >= 11 is 0. The molecule has 0 radical (unpaired) electrons. The highest BCUT2D eigenvalue weighted by molar-refractivity contribution is 5.90. The van der Waals surface area contributed by atoms with Crippen LogP contribution in [0.25, 0.3) is 0 Å². The molecule has 0 spiro atoms. The molecule has 18 heavy (non-hydrogen) atoms. The summed E-state index contributed by atoms with van der Waals surface area (Å²) in [4.78, 5) is 21.9. The van der Waals surface area contributed by atoms with E-state index in [0.29, 0.717) is 5.56 Å². The van der Waals surface area contributed by atoms with Gasteiger partial charge in [-0.25, -0.2) is 9.59 Å². The van der Waals surface area contributed by atoms with Crippen LogP contribution in [0.1, 0.15) is 28.4 Å². The molecule has 1 N–H and O–H groups in total. The van der Waals surface area contributed by atoms with Crippen molar-refractivity contribution < 1.29 is 28.2 Å². The van der Waals surface area contributed by atoms with E-state index in [-0.39, 0.29) is 12.2 Å². The van der Waals surface area contributed by atoms with Crippen molar-refractivity contribution in [1.29, 1.82) is 0 Å². The lowest BCUT2D eigenvalue weighted by molar-refractivity contribution is -0.173. The summed E-state index contributed by atoms with van der Waals surface area (Å²) in [7, 11) is 0. The first-order chi connectivity index (χ1) is 8.30. The fourth-order valence-corrected chi connectivity index (χ4v) is 1.39. The predicted molar refractivity (Wildman–Crippen MR) is 58.7 cm³/mol. The lowest BCUT2D eigenvalue weighted by atomic mass is 10.0. The number of carbonyl (C=O) groups is 2. The first-order valence-electron chi connectivity index (χ1n) is 5.20. The minimum atomic E-state index is -3.85. The van der Waals surface area contributed by atoms with Crippen LogP contribution in [-0.4, -0.2) is 23.7 Å². The number of aryl methyl sites for hydroxylation is 1. The summed E-state index contributed by atoms with van der Waals surface area (Å²) in [6.45, 7) is 2.72. The minimum Gasteiger partial charge on any atom is -0.478 e. The van der Waals surface area contributed by atoms with E-state index in [0.717, 1.165) is 12.1 Å². The predicted octanol–water partition coefficient (Wildman–Crippen LogP) is 2.35. The van der Waals surface area contributed by atoms with Gasteiger partial charge in [-0.15, -0.1) is 0 Å². The molecular weight excluding hydrogens is 246 g/mol. The molecule has 1 rings (SSSR count). The number of carboxylic acid groups (broad SMARTS) is 1. The van der Waals surface area contributed by atoms with Crippen molar-refractivity contribution in [3.8, 4) is 0 Å². The maximum Gasteiger partial charge on any atom is 0.381 e. The van der Waals surface area contributed by atoms with Crippen LogP contribution in [-0.2, 0) is 15.5 Å². The Morgan fingerprint density at radius 2 is 2.00 bits per heavy atom. The van der Waals surface area contributed by atoms with Gasteiger partial charge in [-0.05, 0) is 25.5 Å². The van der Waals surface area contributed by atoms with Crippen LogP contribution < -0.4 is 0 Å². The zero-order chi connectivity index (χ0) is 13.9. The molecule has 0 amide bonds. The van der Waals surface area contributed by atoms with Crippen LogP contribution in [0.15, 0.2) is 18.2 Å². The Balaban J connectivity index is 3.21. The molecular formula is C12H12F2O4. The van der Waals surface area contributed by atoms with Gasteiger partial charge < -0.3 is 9.84 Å². The lowest BCUT2D eigenvalue weighted by Crippen LogP contribution is -2.28. The van der Waals surface area contributed by atoms with Gasteiger partial charge in [-0.2, -0.15) is 8.78 Å². The van der Waals surface area contributed by atoms with Crippen molar-refractivity contribution in [3.63, 3.8) is 0 Å². The second-order valence-electron chi connectivity index (χ2n) is 3.63. The molecule has 0 aliphatic rings. The molecule has 0 fully saturated rings. The van der Waals surface area contributed by atoms with Crippen molar-refractivity contribution in [3.05, 3.63) is 34.9 Å². The maximum atomic E-state index is 13.6. The topological polar surface area (TPSA) is 63.6 Å². The van der Waals surface area contributed by atoms with E-state index in [9.17, 15) is 18.4 Å². The zero-order valence-corrected chi connectivity index (χ0v) is 9.87. The maximum absolute atomic E-state index is 13.6. The van der Waals surface area contributed by atoms with Gasteiger partial charge in [0.1, 0.15) is 0 Å².